The van der Waals surface area contributed by atoms with Gasteiger partial charge in [-0.3, -0.25) is 0 Å². The first-order chi connectivity index (χ1) is 11.1. The van der Waals surface area contributed by atoms with Crippen molar-refractivity contribution in [2.24, 2.45) is 5.41 Å². The first-order valence-electron chi connectivity index (χ1n) is 9.00. The maximum atomic E-state index is 6.15. The van der Waals surface area contributed by atoms with Crippen LogP contribution < -0.4 is 0 Å². The average Bonchev–Trinajstić information content (AvgIpc) is 2.36. The van der Waals surface area contributed by atoms with E-state index in [1.807, 2.05) is 20.8 Å². The lowest BCUT2D eigenvalue weighted by atomic mass is 9.88. The highest BCUT2D eigenvalue weighted by atomic mass is 28.4. The third-order valence-electron chi connectivity index (χ3n) is 3.64. The Hall–Kier alpha value is -0.0231. The molecule has 0 atom stereocenters. The van der Waals surface area contributed by atoms with Gasteiger partial charge in [0.1, 0.15) is 0 Å². The van der Waals surface area contributed by atoms with Gasteiger partial charge in [0.05, 0.1) is 0 Å². The Balaban J connectivity index is 5.74. The lowest BCUT2D eigenvalue weighted by molar-refractivity contribution is 0.0413. The summed E-state index contributed by atoms with van der Waals surface area (Å²) < 4.78 is 18.4. The molecule has 0 aromatic rings. The predicted octanol–water partition coefficient (Wildman–Crippen LogP) is 1.71. The van der Waals surface area contributed by atoms with Crippen molar-refractivity contribution < 1.29 is 13.3 Å². The maximum Gasteiger partial charge on any atom is 0.501 e. The summed E-state index contributed by atoms with van der Waals surface area (Å²) in [7, 11) is 10.1. The van der Waals surface area contributed by atoms with Gasteiger partial charge in [-0.05, 0) is 63.1 Å². The summed E-state index contributed by atoms with van der Waals surface area (Å²) in [5.74, 6) is 0. The van der Waals surface area contributed by atoms with E-state index in [1.165, 1.54) is 0 Å². The fourth-order valence-electron chi connectivity index (χ4n) is 3.73. The molecule has 0 unspecified atom stereocenters. The van der Waals surface area contributed by atoms with Gasteiger partial charge in [0.2, 0.25) is 0 Å². The van der Waals surface area contributed by atoms with E-state index in [1.54, 1.807) is 0 Å². The molecule has 0 heterocycles. The molecule has 7 heteroatoms. The third kappa shape index (κ3) is 8.89. The third-order valence-corrected chi connectivity index (χ3v) is 7.01. The number of hydrogen-bond acceptors (Lipinski definition) is 6. The van der Waals surface area contributed by atoms with Crippen molar-refractivity contribution in [2.45, 2.75) is 26.8 Å². The lowest BCUT2D eigenvalue weighted by Crippen LogP contribution is -2.57. The van der Waals surface area contributed by atoms with E-state index in [0.717, 1.165) is 25.7 Å². The fourth-order valence-corrected chi connectivity index (χ4v) is 6.86. The molecule has 0 N–H and O–H groups in total. The first-order valence-corrected chi connectivity index (χ1v) is 10.9. The Morgan fingerprint density at radius 1 is 0.625 bits per heavy atom. The molecule has 0 aliphatic heterocycles. The quantitative estimate of drug-likeness (QED) is 0.437. The number of nitrogens with zero attached hydrogens (tertiary/aromatic N) is 3. The van der Waals surface area contributed by atoms with Crippen molar-refractivity contribution in [3.63, 3.8) is 0 Å². The Morgan fingerprint density at radius 2 is 0.917 bits per heavy atom. The second-order valence-corrected chi connectivity index (χ2v) is 9.96. The fraction of sp³-hybridized carbons (Fsp3) is 1.00. The summed E-state index contributed by atoms with van der Waals surface area (Å²) in [6.07, 6.45) is 0. The zero-order chi connectivity index (χ0) is 18.8. The van der Waals surface area contributed by atoms with Gasteiger partial charge in [0.25, 0.3) is 0 Å². The molecule has 24 heavy (non-hydrogen) atoms. The topological polar surface area (TPSA) is 37.4 Å². The van der Waals surface area contributed by atoms with Gasteiger partial charge in [-0.25, -0.2) is 0 Å². The average molecular weight is 364 g/mol. The van der Waals surface area contributed by atoms with Crippen molar-refractivity contribution in [1.29, 1.82) is 0 Å². The summed E-state index contributed by atoms with van der Waals surface area (Å²) in [5.41, 5.74) is 0.0161. The van der Waals surface area contributed by atoms with E-state index in [2.05, 4.69) is 57.0 Å². The minimum absolute atomic E-state index is 0.0161. The van der Waals surface area contributed by atoms with Crippen LogP contribution in [0.25, 0.3) is 0 Å². The molecule has 146 valence electrons. The van der Waals surface area contributed by atoms with Crippen molar-refractivity contribution in [3.05, 3.63) is 0 Å². The minimum atomic E-state index is -2.71. The molecule has 0 aromatic carbocycles. The molecule has 0 amide bonds. The molecule has 6 nitrogen and oxygen atoms in total. The van der Waals surface area contributed by atoms with Gasteiger partial charge in [-0.2, -0.15) is 0 Å². The molecular weight excluding hydrogens is 322 g/mol. The molecule has 0 spiro atoms. The molecule has 0 aromatic heterocycles. The Morgan fingerprint density at radius 3 is 1.12 bits per heavy atom. The van der Waals surface area contributed by atoms with Crippen molar-refractivity contribution in [2.75, 3.05) is 81.7 Å². The van der Waals surface area contributed by atoms with E-state index in [9.17, 15) is 0 Å². The zero-order valence-corrected chi connectivity index (χ0v) is 18.5. The maximum absolute atomic E-state index is 6.15. The summed E-state index contributed by atoms with van der Waals surface area (Å²) >= 11 is 0. The SMILES string of the molecule is CCO[Si](CC(CN(C)C)(CN(C)C)CN(C)C)(OCC)OCC. The molecule has 0 saturated heterocycles. The summed E-state index contributed by atoms with van der Waals surface area (Å²) in [6.45, 7) is 10.8. The van der Waals surface area contributed by atoms with Crippen LogP contribution in [-0.4, -0.2) is 105 Å². The van der Waals surface area contributed by atoms with Gasteiger partial charge in [0, 0.05) is 50.9 Å². The van der Waals surface area contributed by atoms with Gasteiger partial charge in [0.15, 0.2) is 0 Å². The van der Waals surface area contributed by atoms with Crippen LogP contribution in [0.4, 0.5) is 0 Å². The van der Waals surface area contributed by atoms with Crippen LogP contribution in [0.15, 0.2) is 0 Å². The van der Waals surface area contributed by atoms with Crippen molar-refractivity contribution in [3.8, 4) is 0 Å². The number of rotatable bonds is 14. The molecule has 0 rings (SSSR count). The highest BCUT2D eigenvalue weighted by Crippen LogP contribution is 2.34. The second kappa shape index (κ2) is 11.6. The van der Waals surface area contributed by atoms with E-state index in [4.69, 9.17) is 13.3 Å². The summed E-state index contributed by atoms with van der Waals surface area (Å²) in [6, 6.07) is 0.823. The second-order valence-electron chi connectivity index (χ2n) is 7.37. The number of hydrogen-bond donors (Lipinski definition) is 0. The van der Waals surface area contributed by atoms with E-state index < -0.39 is 8.80 Å². The molecule has 0 aliphatic rings. The molecule has 0 radical (unpaired) electrons. The molecule has 0 bridgehead atoms. The van der Waals surface area contributed by atoms with Crippen LogP contribution in [0.5, 0.6) is 0 Å². The van der Waals surface area contributed by atoms with E-state index >= 15 is 0 Å². The Bertz CT molecular complexity index is 285. The highest BCUT2D eigenvalue weighted by Gasteiger charge is 2.49. The molecular formula is C17H41N3O3Si. The van der Waals surface area contributed by atoms with E-state index in [-0.39, 0.29) is 5.41 Å². The van der Waals surface area contributed by atoms with Crippen LogP contribution in [0, 0.1) is 5.41 Å². The van der Waals surface area contributed by atoms with Gasteiger partial charge < -0.3 is 28.0 Å². The minimum Gasteiger partial charge on any atom is -0.374 e. The van der Waals surface area contributed by atoms with Crippen molar-refractivity contribution in [1.82, 2.24) is 14.7 Å². The highest BCUT2D eigenvalue weighted by molar-refractivity contribution is 6.60. The first kappa shape index (κ1) is 24.0. The normalized spacial score (nSPS) is 13.5. The van der Waals surface area contributed by atoms with Gasteiger partial charge in [-0.15, -0.1) is 0 Å². The van der Waals surface area contributed by atoms with Gasteiger partial charge >= 0.3 is 8.80 Å². The van der Waals surface area contributed by atoms with Crippen molar-refractivity contribution >= 4 is 8.80 Å². The largest absolute Gasteiger partial charge is 0.501 e. The summed E-state index contributed by atoms with van der Waals surface area (Å²) in [5, 5.41) is 0. The van der Waals surface area contributed by atoms with Crippen LogP contribution in [0.2, 0.25) is 6.04 Å². The van der Waals surface area contributed by atoms with Crippen LogP contribution in [-0.2, 0) is 13.3 Å². The molecule has 0 saturated carbocycles. The lowest BCUT2D eigenvalue weighted by Gasteiger charge is -2.44. The standard InChI is InChI=1S/C17H41N3O3Si/c1-10-21-24(22-11-2,23-12-3)16-17(13-18(4)5,14-19(6)7)15-20(8)9/h10-16H2,1-9H3. The summed E-state index contributed by atoms with van der Waals surface area (Å²) in [4.78, 5) is 6.78. The van der Waals surface area contributed by atoms with Crippen LogP contribution >= 0.6 is 0 Å². The molecule has 0 fully saturated rings. The van der Waals surface area contributed by atoms with Gasteiger partial charge in [-0.1, -0.05) is 0 Å². The van der Waals surface area contributed by atoms with Crippen LogP contribution in [0.1, 0.15) is 20.8 Å². The van der Waals surface area contributed by atoms with Crippen LogP contribution in [0.3, 0.4) is 0 Å². The Labute approximate surface area is 151 Å². The Kier molecular flexibility index (Phi) is 11.6. The molecule has 0 aliphatic carbocycles. The zero-order valence-electron chi connectivity index (χ0n) is 17.5. The smallest absolute Gasteiger partial charge is 0.374 e. The predicted molar refractivity (Wildman–Crippen MR) is 104 cm³/mol. The monoisotopic (exact) mass is 363 g/mol. The van der Waals surface area contributed by atoms with E-state index in [0.29, 0.717) is 19.8 Å².